The Morgan fingerprint density at radius 2 is 1.48 bits per heavy atom. The summed E-state index contributed by atoms with van der Waals surface area (Å²) in [4.78, 5) is 2.49. The lowest BCUT2D eigenvalue weighted by atomic mass is 9.94. The van der Waals surface area contributed by atoms with Crippen molar-refractivity contribution in [3.63, 3.8) is 0 Å². The molecular formula is C18H22N2O. The van der Waals surface area contributed by atoms with Crippen LogP contribution in [0.25, 0.3) is 0 Å². The minimum Gasteiger partial charge on any atom is -0.508 e. The van der Waals surface area contributed by atoms with E-state index in [0.717, 1.165) is 25.9 Å². The van der Waals surface area contributed by atoms with E-state index in [1.807, 2.05) is 18.2 Å². The van der Waals surface area contributed by atoms with Crippen molar-refractivity contribution < 1.29 is 5.11 Å². The van der Waals surface area contributed by atoms with E-state index in [2.05, 4.69) is 29.2 Å². The molecule has 1 unspecified atom stereocenters. The van der Waals surface area contributed by atoms with E-state index in [4.69, 9.17) is 5.73 Å². The summed E-state index contributed by atoms with van der Waals surface area (Å²) < 4.78 is 0. The Hall–Kier alpha value is -1.84. The largest absolute Gasteiger partial charge is 0.508 e. The van der Waals surface area contributed by atoms with Crippen LogP contribution in [0.2, 0.25) is 0 Å². The maximum Gasteiger partial charge on any atom is 0.115 e. The summed E-state index contributed by atoms with van der Waals surface area (Å²) in [6.07, 6.45) is 2.09. The van der Waals surface area contributed by atoms with E-state index < -0.39 is 0 Å². The van der Waals surface area contributed by atoms with Crippen LogP contribution in [0, 0.1) is 0 Å². The van der Waals surface area contributed by atoms with Gasteiger partial charge in [-0.3, -0.25) is 4.90 Å². The van der Waals surface area contributed by atoms with Crippen molar-refractivity contribution in [2.45, 2.75) is 24.9 Å². The molecule has 1 saturated heterocycles. The Balaban J connectivity index is 1.93. The van der Waals surface area contributed by atoms with E-state index >= 15 is 0 Å². The number of benzene rings is 2. The molecule has 1 fully saturated rings. The van der Waals surface area contributed by atoms with Gasteiger partial charge in [-0.2, -0.15) is 0 Å². The normalized spacial score (nSPS) is 18.5. The van der Waals surface area contributed by atoms with Gasteiger partial charge in [0.2, 0.25) is 0 Å². The number of phenols is 1. The summed E-state index contributed by atoms with van der Waals surface area (Å²) in [5.41, 5.74) is 8.54. The molecule has 0 aliphatic carbocycles. The second kappa shape index (κ2) is 6.29. The van der Waals surface area contributed by atoms with Gasteiger partial charge in [0.1, 0.15) is 5.75 Å². The number of aromatic hydroxyl groups is 1. The summed E-state index contributed by atoms with van der Waals surface area (Å²) in [7, 11) is 0. The standard InChI is InChI=1S/C18H22N2O/c19-16-10-12-20(13-11-16)18(14-4-2-1-3-5-14)15-6-8-17(21)9-7-15/h1-9,16,18,21H,10-13,19H2. The van der Waals surface area contributed by atoms with Crippen LogP contribution in [0.4, 0.5) is 0 Å². The molecule has 3 N–H and O–H groups in total. The fraction of sp³-hybridized carbons (Fsp3) is 0.333. The van der Waals surface area contributed by atoms with Crippen molar-refractivity contribution in [3.8, 4) is 5.75 Å². The molecule has 0 aromatic heterocycles. The monoisotopic (exact) mass is 282 g/mol. The highest BCUT2D eigenvalue weighted by Gasteiger charge is 2.25. The molecule has 1 aliphatic rings. The van der Waals surface area contributed by atoms with Crippen LogP contribution in [0.15, 0.2) is 54.6 Å². The van der Waals surface area contributed by atoms with Crippen LogP contribution in [0.5, 0.6) is 5.75 Å². The smallest absolute Gasteiger partial charge is 0.115 e. The molecule has 1 atom stereocenters. The highest BCUT2D eigenvalue weighted by Crippen LogP contribution is 2.31. The number of piperidine rings is 1. The van der Waals surface area contributed by atoms with Gasteiger partial charge >= 0.3 is 0 Å². The first-order valence-corrected chi connectivity index (χ1v) is 7.57. The Kier molecular flexibility index (Phi) is 4.23. The highest BCUT2D eigenvalue weighted by atomic mass is 16.3. The Labute approximate surface area is 126 Å². The zero-order chi connectivity index (χ0) is 14.7. The summed E-state index contributed by atoms with van der Waals surface area (Å²) in [5.74, 6) is 0.311. The molecule has 0 spiro atoms. The number of likely N-dealkylation sites (tertiary alicyclic amines) is 1. The molecule has 3 rings (SSSR count). The van der Waals surface area contributed by atoms with Crippen LogP contribution in [-0.4, -0.2) is 29.1 Å². The van der Waals surface area contributed by atoms with Crippen molar-refractivity contribution >= 4 is 0 Å². The number of nitrogens with two attached hydrogens (primary N) is 1. The average Bonchev–Trinajstić information content (AvgIpc) is 2.52. The average molecular weight is 282 g/mol. The van der Waals surface area contributed by atoms with Crippen molar-refractivity contribution in [2.24, 2.45) is 5.73 Å². The van der Waals surface area contributed by atoms with Gasteiger partial charge in [0.25, 0.3) is 0 Å². The van der Waals surface area contributed by atoms with Gasteiger partial charge in [-0.25, -0.2) is 0 Å². The van der Waals surface area contributed by atoms with Crippen LogP contribution >= 0.6 is 0 Å². The van der Waals surface area contributed by atoms with Crippen molar-refractivity contribution in [3.05, 3.63) is 65.7 Å². The first kappa shape index (κ1) is 14.1. The first-order valence-electron chi connectivity index (χ1n) is 7.57. The minimum atomic E-state index is 0.235. The Morgan fingerprint density at radius 1 is 0.905 bits per heavy atom. The first-order chi connectivity index (χ1) is 10.2. The van der Waals surface area contributed by atoms with Crippen LogP contribution in [-0.2, 0) is 0 Å². The second-order valence-electron chi connectivity index (χ2n) is 5.78. The molecular weight excluding hydrogens is 260 g/mol. The summed E-state index contributed by atoms with van der Waals surface area (Å²) in [6.45, 7) is 2.03. The summed E-state index contributed by atoms with van der Waals surface area (Å²) in [5, 5.41) is 9.52. The van der Waals surface area contributed by atoms with E-state index in [-0.39, 0.29) is 6.04 Å². The lowest BCUT2D eigenvalue weighted by Gasteiger charge is -2.37. The molecule has 2 aromatic rings. The van der Waals surface area contributed by atoms with Gasteiger partial charge < -0.3 is 10.8 Å². The predicted molar refractivity (Wildman–Crippen MR) is 85.2 cm³/mol. The van der Waals surface area contributed by atoms with E-state index in [1.54, 1.807) is 12.1 Å². The van der Waals surface area contributed by atoms with Crippen molar-refractivity contribution in [2.75, 3.05) is 13.1 Å². The van der Waals surface area contributed by atoms with Crippen molar-refractivity contribution in [1.82, 2.24) is 4.90 Å². The number of hydrogen-bond donors (Lipinski definition) is 2. The topological polar surface area (TPSA) is 49.5 Å². The molecule has 21 heavy (non-hydrogen) atoms. The van der Waals surface area contributed by atoms with Gasteiger partial charge in [0, 0.05) is 19.1 Å². The molecule has 0 bridgehead atoms. The third-order valence-electron chi connectivity index (χ3n) is 4.26. The molecule has 0 saturated carbocycles. The third kappa shape index (κ3) is 3.26. The minimum absolute atomic E-state index is 0.235. The van der Waals surface area contributed by atoms with Gasteiger partial charge in [0.05, 0.1) is 6.04 Å². The van der Waals surface area contributed by atoms with E-state index in [9.17, 15) is 5.11 Å². The number of rotatable bonds is 3. The van der Waals surface area contributed by atoms with Crippen LogP contribution < -0.4 is 5.73 Å². The van der Waals surface area contributed by atoms with Gasteiger partial charge in [0.15, 0.2) is 0 Å². The molecule has 2 aromatic carbocycles. The summed E-state index contributed by atoms with van der Waals surface area (Å²) >= 11 is 0. The predicted octanol–water partition coefficient (Wildman–Crippen LogP) is 2.90. The van der Waals surface area contributed by atoms with E-state index in [0.29, 0.717) is 11.8 Å². The maximum absolute atomic E-state index is 9.52. The van der Waals surface area contributed by atoms with Gasteiger partial charge in [-0.05, 0) is 36.1 Å². The Morgan fingerprint density at radius 3 is 2.10 bits per heavy atom. The SMILES string of the molecule is NC1CCN(C(c2ccccc2)c2ccc(O)cc2)CC1. The highest BCUT2D eigenvalue weighted by molar-refractivity contribution is 5.35. The van der Waals surface area contributed by atoms with Crippen molar-refractivity contribution in [1.29, 1.82) is 0 Å². The van der Waals surface area contributed by atoms with Gasteiger partial charge in [-0.15, -0.1) is 0 Å². The number of hydrogen-bond acceptors (Lipinski definition) is 3. The van der Waals surface area contributed by atoms with Crippen LogP contribution in [0.3, 0.4) is 0 Å². The quantitative estimate of drug-likeness (QED) is 0.910. The fourth-order valence-corrected chi connectivity index (χ4v) is 3.08. The fourth-order valence-electron chi connectivity index (χ4n) is 3.08. The van der Waals surface area contributed by atoms with Gasteiger partial charge in [-0.1, -0.05) is 42.5 Å². The maximum atomic E-state index is 9.52. The third-order valence-corrected chi connectivity index (χ3v) is 4.26. The lowest BCUT2D eigenvalue weighted by molar-refractivity contribution is 0.175. The molecule has 3 nitrogen and oxygen atoms in total. The number of nitrogens with zero attached hydrogens (tertiary/aromatic N) is 1. The summed E-state index contributed by atoms with van der Waals surface area (Å²) in [6, 6.07) is 18.7. The molecule has 1 aliphatic heterocycles. The zero-order valence-electron chi connectivity index (χ0n) is 12.2. The molecule has 0 radical (unpaired) electrons. The Bertz CT molecular complexity index is 560. The van der Waals surface area contributed by atoms with Crippen LogP contribution in [0.1, 0.15) is 30.0 Å². The lowest BCUT2D eigenvalue weighted by Crippen LogP contribution is -2.41. The number of phenolic OH excluding ortho intramolecular Hbond substituents is 1. The second-order valence-corrected chi connectivity index (χ2v) is 5.78. The molecule has 3 heteroatoms. The zero-order valence-corrected chi connectivity index (χ0v) is 12.2. The molecule has 110 valence electrons. The molecule has 1 heterocycles. The van der Waals surface area contributed by atoms with E-state index in [1.165, 1.54) is 11.1 Å². The molecule has 0 amide bonds.